The summed E-state index contributed by atoms with van der Waals surface area (Å²) in [6, 6.07) is 6.04. The second-order valence-electron chi connectivity index (χ2n) is 7.33. The molecule has 3 rings (SSSR count). The number of amides is 5. The molecule has 0 atom stereocenters. The predicted molar refractivity (Wildman–Crippen MR) is 127 cm³/mol. The number of nitrogens with zero attached hydrogens (tertiary/aromatic N) is 1. The fourth-order valence-corrected chi connectivity index (χ4v) is 3.79. The highest BCUT2D eigenvalue weighted by molar-refractivity contribution is 7.11. The van der Waals surface area contributed by atoms with Crippen molar-refractivity contribution < 1.29 is 31.9 Å². The van der Waals surface area contributed by atoms with Crippen LogP contribution in [0.4, 0.5) is 43.5 Å². The molecule has 0 aliphatic heterocycles. The van der Waals surface area contributed by atoms with Gasteiger partial charge >= 0.3 is 18.2 Å². The quantitative estimate of drug-likeness (QED) is 0.270. The molecule has 36 heavy (non-hydrogen) atoms. The number of benzene rings is 2. The van der Waals surface area contributed by atoms with Gasteiger partial charge in [0.25, 0.3) is 5.91 Å². The molecule has 14 heteroatoms. The van der Waals surface area contributed by atoms with Gasteiger partial charge in [0, 0.05) is 17.8 Å². The zero-order valence-corrected chi connectivity index (χ0v) is 19.4. The van der Waals surface area contributed by atoms with E-state index in [1.54, 1.807) is 0 Å². The zero-order chi connectivity index (χ0) is 26.5. The van der Waals surface area contributed by atoms with Crippen molar-refractivity contribution in [1.29, 1.82) is 0 Å². The van der Waals surface area contributed by atoms with Gasteiger partial charge < -0.3 is 21.7 Å². The van der Waals surface area contributed by atoms with E-state index in [1.807, 2.05) is 12.2 Å². The Morgan fingerprint density at radius 3 is 2.31 bits per heavy atom. The summed E-state index contributed by atoms with van der Waals surface area (Å²) in [7, 11) is 0. The van der Waals surface area contributed by atoms with E-state index in [4.69, 9.17) is 5.73 Å². The average molecular weight is 525 g/mol. The van der Waals surface area contributed by atoms with Crippen molar-refractivity contribution in [1.82, 2.24) is 9.69 Å². The molecule has 9 nitrogen and oxygen atoms in total. The molecule has 0 saturated heterocycles. The first kappa shape index (κ1) is 26.4. The molecule has 0 saturated carbocycles. The average Bonchev–Trinajstić information content (AvgIpc) is 3.22. The van der Waals surface area contributed by atoms with Crippen molar-refractivity contribution >= 4 is 45.9 Å². The summed E-state index contributed by atoms with van der Waals surface area (Å²) in [4.78, 5) is 36.1. The van der Waals surface area contributed by atoms with E-state index < -0.39 is 41.2 Å². The second kappa shape index (κ2) is 11.0. The molecule has 0 spiro atoms. The highest BCUT2D eigenvalue weighted by Gasteiger charge is 2.31. The lowest BCUT2D eigenvalue weighted by Crippen LogP contribution is -2.29. The fourth-order valence-electron chi connectivity index (χ4n) is 2.98. The van der Waals surface area contributed by atoms with E-state index in [1.165, 1.54) is 24.3 Å². The number of rotatable bonds is 7. The molecule has 0 unspecified atom stereocenters. The molecule has 6 N–H and O–H groups in total. The van der Waals surface area contributed by atoms with Gasteiger partial charge in [-0.3, -0.25) is 10.1 Å². The largest absolute Gasteiger partial charge is 0.416 e. The molecule has 190 valence electrons. The third-order valence-electron chi connectivity index (χ3n) is 4.66. The highest BCUT2D eigenvalue weighted by atomic mass is 32.1. The van der Waals surface area contributed by atoms with Crippen LogP contribution in [0.3, 0.4) is 0 Å². The summed E-state index contributed by atoms with van der Waals surface area (Å²) >= 11 is 0.863. The van der Waals surface area contributed by atoms with Gasteiger partial charge in [0.15, 0.2) is 0 Å². The zero-order valence-electron chi connectivity index (χ0n) is 18.6. The number of alkyl halides is 3. The number of carbonyl (C=O) groups excluding carboxylic acids is 3. The van der Waals surface area contributed by atoms with Crippen molar-refractivity contribution in [2.45, 2.75) is 19.5 Å². The van der Waals surface area contributed by atoms with E-state index in [0.717, 1.165) is 18.0 Å². The van der Waals surface area contributed by atoms with Crippen LogP contribution in [-0.2, 0) is 6.18 Å². The Bertz CT molecular complexity index is 1280. The Morgan fingerprint density at radius 2 is 1.69 bits per heavy atom. The minimum atomic E-state index is -4.70. The molecular weight excluding hydrogens is 504 g/mol. The first-order valence-electron chi connectivity index (χ1n) is 10.4. The van der Waals surface area contributed by atoms with Gasteiger partial charge in [-0.15, -0.1) is 0 Å². The van der Waals surface area contributed by atoms with Crippen LogP contribution >= 0.6 is 11.5 Å². The Labute approximate surface area is 206 Å². The maximum Gasteiger partial charge on any atom is 0.416 e. The van der Waals surface area contributed by atoms with E-state index in [-0.39, 0.29) is 21.9 Å². The number of urea groups is 2. The first-order valence-corrected chi connectivity index (χ1v) is 11.2. The minimum absolute atomic E-state index is 0.00474. The molecule has 0 aliphatic carbocycles. The van der Waals surface area contributed by atoms with Gasteiger partial charge in [-0.25, -0.2) is 14.0 Å². The number of nitrogens with one attached hydrogen (secondary N) is 4. The molecule has 1 aromatic heterocycles. The van der Waals surface area contributed by atoms with E-state index in [9.17, 15) is 31.9 Å². The molecule has 0 fully saturated rings. The molecule has 5 amide bonds. The van der Waals surface area contributed by atoms with E-state index >= 15 is 0 Å². The van der Waals surface area contributed by atoms with Crippen molar-refractivity contribution in [2.24, 2.45) is 5.73 Å². The van der Waals surface area contributed by atoms with E-state index in [2.05, 4.69) is 20.3 Å². The maximum atomic E-state index is 13.9. The Balaban J connectivity index is 1.73. The Morgan fingerprint density at radius 1 is 1.00 bits per heavy atom. The lowest BCUT2D eigenvalue weighted by atomic mass is 10.1. The summed E-state index contributed by atoms with van der Waals surface area (Å²) in [6.07, 6.45) is -3.98. The molecular formula is C22H20F4N6O3S. The van der Waals surface area contributed by atoms with Crippen LogP contribution in [0.5, 0.6) is 0 Å². The number of halogens is 4. The number of hydrogen-bond donors (Lipinski definition) is 5. The van der Waals surface area contributed by atoms with Crippen LogP contribution in [0.25, 0.3) is 11.3 Å². The van der Waals surface area contributed by atoms with Crippen LogP contribution in [0, 0.1) is 5.82 Å². The smallest absolute Gasteiger partial charge is 0.365 e. The topological polar surface area (TPSA) is 138 Å². The molecule has 3 aromatic rings. The van der Waals surface area contributed by atoms with Crippen molar-refractivity contribution in [3.8, 4) is 11.3 Å². The number of primary amides is 1. The number of hydrogen-bond acceptors (Lipinski definition) is 5. The monoisotopic (exact) mass is 524 g/mol. The Hall–Kier alpha value is -4.20. The van der Waals surface area contributed by atoms with Gasteiger partial charge in [0.05, 0.1) is 16.9 Å². The third-order valence-corrected chi connectivity index (χ3v) is 5.42. The van der Waals surface area contributed by atoms with Crippen molar-refractivity contribution in [3.63, 3.8) is 0 Å². The molecule has 0 radical (unpaired) electrons. The summed E-state index contributed by atoms with van der Waals surface area (Å²) in [6.45, 7) is 2.32. The Kier molecular flexibility index (Phi) is 8.09. The van der Waals surface area contributed by atoms with Gasteiger partial charge in [0.1, 0.15) is 16.4 Å². The minimum Gasteiger partial charge on any atom is -0.365 e. The molecule has 0 bridgehead atoms. The molecule has 0 aliphatic rings. The molecule has 2 aromatic carbocycles. The van der Waals surface area contributed by atoms with Gasteiger partial charge in [-0.2, -0.15) is 17.5 Å². The van der Waals surface area contributed by atoms with Crippen molar-refractivity contribution in [2.75, 3.05) is 22.5 Å². The van der Waals surface area contributed by atoms with Crippen LogP contribution in [0.15, 0.2) is 42.5 Å². The summed E-state index contributed by atoms with van der Waals surface area (Å²) < 4.78 is 56.6. The van der Waals surface area contributed by atoms with Gasteiger partial charge in [-0.05, 0) is 48.3 Å². The van der Waals surface area contributed by atoms with Crippen LogP contribution in [0.1, 0.15) is 29.3 Å². The standard InChI is InChI=1S/C22H20F4N6O3S/c1-2-9-28-20(34)31-19-16(18(27)33)17(32-36-19)11-3-6-13(7-4-11)29-21(35)30-15-10-12(22(24,25)26)5-8-14(15)23/h3-8,10H,2,9H2,1H3,(H2,27,33)(H2,28,31,34)(H2,29,30,35). The molecule has 1 heterocycles. The maximum absolute atomic E-state index is 13.9. The number of carbonyl (C=O) groups is 3. The fraction of sp³-hybridized carbons (Fsp3) is 0.182. The number of aromatic nitrogens is 1. The lowest BCUT2D eigenvalue weighted by molar-refractivity contribution is -0.137. The highest BCUT2D eigenvalue weighted by Crippen LogP contribution is 2.33. The van der Waals surface area contributed by atoms with Crippen LogP contribution in [0.2, 0.25) is 0 Å². The summed E-state index contributed by atoms with van der Waals surface area (Å²) in [5.41, 5.74) is 4.60. The predicted octanol–water partition coefficient (Wildman–Crippen LogP) is 5.24. The first-order chi connectivity index (χ1) is 17.0. The normalized spacial score (nSPS) is 11.0. The van der Waals surface area contributed by atoms with Crippen molar-refractivity contribution in [3.05, 3.63) is 59.4 Å². The summed E-state index contributed by atoms with van der Waals surface area (Å²) in [5.74, 6) is -1.85. The van der Waals surface area contributed by atoms with Gasteiger partial charge in [-0.1, -0.05) is 19.1 Å². The van der Waals surface area contributed by atoms with Crippen LogP contribution < -0.4 is 27.0 Å². The van der Waals surface area contributed by atoms with Crippen LogP contribution in [-0.4, -0.2) is 28.9 Å². The lowest BCUT2D eigenvalue weighted by Gasteiger charge is -2.12. The second-order valence-corrected chi connectivity index (χ2v) is 8.10. The number of nitrogens with two attached hydrogens (primary N) is 1. The number of anilines is 3. The van der Waals surface area contributed by atoms with Gasteiger partial charge in [0.2, 0.25) is 0 Å². The third kappa shape index (κ3) is 6.47. The SMILES string of the molecule is CCCNC(=O)Nc1snc(-c2ccc(NC(=O)Nc3cc(C(F)(F)F)ccc3F)cc2)c1C(N)=O. The summed E-state index contributed by atoms with van der Waals surface area (Å²) in [5, 5.41) is 9.71. The van der Waals surface area contributed by atoms with E-state index in [0.29, 0.717) is 30.3 Å².